The van der Waals surface area contributed by atoms with Crippen molar-refractivity contribution in [1.82, 2.24) is 9.62 Å². The van der Waals surface area contributed by atoms with Gasteiger partial charge in [-0.15, -0.1) is 0 Å². The Morgan fingerprint density at radius 2 is 1.87 bits per heavy atom. The van der Waals surface area contributed by atoms with Crippen molar-refractivity contribution in [2.45, 2.75) is 70.0 Å². The zero-order chi connectivity index (χ0) is 21.5. The maximum Gasteiger partial charge on any atom is 0.332 e. The van der Waals surface area contributed by atoms with Crippen molar-refractivity contribution >= 4 is 21.7 Å². The topological polar surface area (TPSA) is 78.5 Å². The van der Waals surface area contributed by atoms with Crippen molar-refractivity contribution in [2.24, 2.45) is 5.92 Å². The number of anilines is 1. The molecule has 1 aliphatic heterocycles. The van der Waals surface area contributed by atoms with Gasteiger partial charge in [-0.2, -0.15) is 0 Å². The molecule has 1 atom stereocenters. The smallest absolute Gasteiger partial charge is 0.307 e. The van der Waals surface area contributed by atoms with Gasteiger partial charge in [0.25, 0.3) is 0 Å². The van der Waals surface area contributed by atoms with Gasteiger partial charge >= 0.3 is 6.03 Å². The number of carbonyl (C=O) groups is 1. The highest BCUT2D eigenvalue weighted by Gasteiger charge is 2.35. The zero-order valence-electron chi connectivity index (χ0n) is 17.8. The van der Waals surface area contributed by atoms with Crippen LogP contribution in [0.3, 0.4) is 0 Å². The molecule has 0 radical (unpaired) electrons. The molecule has 1 saturated carbocycles. The Hall–Kier alpha value is -1.67. The molecule has 1 unspecified atom stereocenters. The van der Waals surface area contributed by atoms with Crippen LogP contribution >= 0.6 is 0 Å². The van der Waals surface area contributed by atoms with Gasteiger partial charge in [0, 0.05) is 5.69 Å². The van der Waals surface area contributed by atoms with E-state index in [4.69, 9.17) is 0 Å². The molecule has 0 spiro atoms. The second-order valence-electron chi connectivity index (χ2n) is 8.99. The Morgan fingerprint density at radius 3 is 2.50 bits per heavy atom. The molecule has 4 rings (SSSR count). The van der Waals surface area contributed by atoms with Crippen LogP contribution < -0.4 is 10.0 Å². The van der Waals surface area contributed by atoms with Crippen LogP contribution in [0.4, 0.5) is 14.9 Å². The Labute approximate surface area is 178 Å². The number of piperidine rings is 1. The zero-order valence-corrected chi connectivity index (χ0v) is 18.7. The molecule has 0 aromatic heterocycles. The summed E-state index contributed by atoms with van der Waals surface area (Å²) in [6.45, 7) is 6.46. The third kappa shape index (κ3) is 4.35. The second-order valence-corrected chi connectivity index (χ2v) is 11.0. The molecule has 1 heterocycles. The number of halogens is 1. The van der Waals surface area contributed by atoms with Gasteiger partial charge in [0.2, 0.25) is 10.0 Å². The van der Waals surface area contributed by atoms with Crippen LogP contribution in [0.1, 0.15) is 68.6 Å². The third-order valence-electron chi connectivity index (χ3n) is 7.09. The fourth-order valence-corrected chi connectivity index (χ4v) is 6.31. The van der Waals surface area contributed by atoms with Crippen molar-refractivity contribution in [3.63, 3.8) is 0 Å². The predicted molar refractivity (Wildman–Crippen MR) is 116 cm³/mol. The maximum absolute atomic E-state index is 14.7. The minimum Gasteiger partial charge on any atom is -0.307 e. The maximum atomic E-state index is 14.7. The highest BCUT2D eigenvalue weighted by atomic mass is 32.2. The lowest BCUT2D eigenvalue weighted by atomic mass is 9.90. The molecule has 8 heteroatoms. The van der Waals surface area contributed by atoms with E-state index in [-0.39, 0.29) is 11.7 Å². The van der Waals surface area contributed by atoms with Crippen molar-refractivity contribution in [1.29, 1.82) is 0 Å². The summed E-state index contributed by atoms with van der Waals surface area (Å²) in [6, 6.07) is 0.815. The Balaban J connectivity index is 1.52. The number of hydrogen-bond acceptors (Lipinski definition) is 4. The number of carbonyl (C=O) groups excluding carboxylic acids is 1. The fourth-order valence-electron chi connectivity index (χ4n) is 5.00. The first kappa shape index (κ1) is 21.6. The van der Waals surface area contributed by atoms with E-state index >= 15 is 0 Å². The van der Waals surface area contributed by atoms with Gasteiger partial charge < -0.3 is 10.2 Å². The number of sulfonamides is 1. The quantitative estimate of drug-likeness (QED) is 0.710. The molecule has 2 aliphatic carbocycles. The standard InChI is InChI=1S/C22H32FN3O3S/c1-3-26-11-9-16(10-12-26)30(28,29)25-22(27)24-21-18-6-4-5-17(18)20(23)13-19(21)14(2)15-7-8-15/h13-16H,3-12H2,1-2H3,(H2,24,25,27). The lowest BCUT2D eigenvalue weighted by molar-refractivity contribution is 0.240. The highest BCUT2D eigenvalue weighted by Crippen LogP contribution is 2.46. The van der Waals surface area contributed by atoms with Crippen LogP contribution in [0.15, 0.2) is 6.07 Å². The molecule has 2 fully saturated rings. The fraction of sp³-hybridized carbons (Fsp3) is 0.682. The Kier molecular flexibility index (Phi) is 6.08. The van der Waals surface area contributed by atoms with Gasteiger partial charge in [-0.25, -0.2) is 22.3 Å². The summed E-state index contributed by atoms with van der Waals surface area (Å²) in [6.07, 6.45) is 5.46. The number of nitrogens with zero attached hydrogens (tertiary/aromatic N) is 1. The van der Waals surface area contributed by atoms with E-state index in [1.165, 1.54) is 0 Å². The van der Waals surface area contributed by atoms with Crippen LogP contribution in [0, 0.1) is 11.7 Å². The summed E-state index contributed by atoms with van der Waals surface area (Å²) in [4.78, 5) is 14.9. The normalized spacial score (nSPS) is 21.3. The largest absolute Gasteiger partial charge is 0.332 e. The average Bonchev–Trinajstić information content (AvgIpc) is 3.45. The number of rotatable bonds is 6. The van der Waals surface area contributed by atoms with Crippen LogP contribution in [0.2, 0.25) is 0 Å². The van der Waals surface area contributed by atoms with Crippen LogP contribution in [0.5, 0.6) is 0 Å². The summed E-state index contributed by atoms with van der Waals surface area (Å²) < 4.78 is 42.4. The van der Waals surface area contributed by atoms with E-state index in [9.17, 15) is 17.6 Å². The summed E-state index contributed by atoms with van der Waals surface area (Å²) in [5.41, 5.74) is 2.91. The molecule has 1 saturated heterocycles. The molecule has 30 heavy (non-hydrogen) atoms. The van der Waals surface area contributed by atoms with Crippen molar-refractivity contribution < 1.29 is 17.6 Å². The lowest BCUT2D eigenvalue weighted by Gasteiger charge is -2.30. The van der Waals surface area contributed by atoms with E-state index in [2.05, 4.69) is 28.8 Å². The molecule has 1 aromatic rings. The summed E-state index contributed by atoms with van der Waals surface area (Å²) >= 11 is 0. The van der Waals surface area contributed by atoms with Crippen molar-refractivity contribution in [2.75, 3.05) is 25.0 Å². The van der Waals surface area contributed by atoms with Gasteiger partial charge in [-0.05, 0) is 99.2 Å². The first-order chi connectivity index (χ1) is 14.3. The predicted octanol–water partition coefficient (Wildman–Crippen LogP) is 3.76. The molecule has 3 aliphatic rings. The van der Waals surface area contributed by atoms with Gasteiger partial charge in [0.1, 0.15) is 5.82 Å². The molecule has 6 nitrogen and oxygen atoms in total. The number of amides is 2. The van der Waals surface area contributed by atoms with Gasteiger partial charge in [-0.3, -0.25) is 0 Å². The highest BCUT2D eigenvalue weighted by molar-refractivity contribution is 7.90. The Bertz CT molecular complexity index is 922. The van der Waals surface area contributed by atoms with E-state index in [1.54, 1.807) is 6.07 Å². The summed E-state index contributed by atoms with van der Waals surface area (Å²) in [7, 11) is -3.76. The Morgan fingerprint density at radius 1 is 1.20 bits per heavy atom. The van der Waals surface area contributed by atoms with E-state index in [0.717, 1.165) is 50.0 Å². The number of hydrogen-bond donors (Lipinski definition) is 2. The van der Waals surface area contributed by atoms with E-state index < -0.39 is 21.3 Å². The molecular formula is C22H32FN3O3S. The number of urea groups is 1. The van der Waals surface area contributed by atoms with E-state index in [0.29, 0.717) is 42.9 Å². The molecular weight excluding hydrogens is 405 g/mol. The minimum atomic E-state index is -3.76. The van der Waals surface area contributed by atoms with Crippen molar-refractivity contribution in [3.8, 4) is 0 Å². The number of nitrogens with one attached hydrogen (secondary N) is 2. The average molecular weight is 438 g/mol. The third-order valence-corrected chi connectivity index (χ3v) is 8.91. The van der Waals surface area contributed by atoms with Crippen LogP contribution in [0.25, 0.3) is 0 Å². The SMILES string of the molecule is CCN1CCC(S(=O)(=O)NC(=O)Nc2c(C(C)C3CC3)cc(F)c3c2CCC3)CC1. The molecule has 2 N–H and O–H groups in total. The molecule has 1 aromatic carbocycles. The van der Waals surface area contributed by atoms with Crippen molar-refractivity contribution in [3.05, 3.63) is 28.6 Å². The number of likely N-dealkylation sites (tertiary alicyclic amines) is 1. The van der Waals surface area contributed by atoms with Crippen LogP contribution in [-0.2, 0) is 22.9 Å². The summed E-state index contributed by atoms with van der Waals surface area (Å²) in [5, 5.41) is 2.25. The van der Waals surface area contributed by atoms with Gasteiger partial charge in [-0.1, -0.05) is 13.8 Å². The molecule has 2 amide bonds. The number of fused-ring (bicyclic) bond motifs is 1. The minimum absolute atomic E-state index is 0.135. The first-order valence-electron chi connectivity index (χ1n) is 11.2. The monoisotopic (exact) mass is 437 g/mol. The van der Waals surface area contributed by atoms with Crippen LogP contribution in [-0.4, -0.2) is 44.2 Å². The first-order valence-corrected chi connectivity index (χ1v) is 12.7. The molecule has 166 valence electrons. The van der Waals surface area contributed by atoms with Gasteiger partial charge in [0.05, 0.1) is 5.25 Å². The number of benzene rings is 1. The van der Waals surface area contributed by atoms with Gasteiger partial charge in [0.15, 0.2) is 0 Å². The second kappa shape index (κ2) is 8.46. The van der Waals surface area contributed by atoms with E-state index in [1.807, 2.05) is 0 Å². The molecule has 0 bridgehead atoms. The summed E-state index contributed by atoms with van der Waals surface area (Å²) in [5.74, 6) is 0.432. The lowest BCUT2D eigenvalue weighted by Crippen LogP contribution is -2.46.